The molecule has 1 aromatic carbocycles. The topological polar surface area (TPSA) is 68.6 Å². The fourth-order valence-corrected chi connectivity index (χ4v) is 4.43. The van der Waals surface area contributed by atoms with Crippen LogP contribution in [0.1, 0.15) is 34.6 Å². The molecule has 0 radical (unpaired) electrons. The number of nitrogens with zero attached hydrogens (tertiary/aromatic N) is 2. The van der Waals surface area contributed by atoms with Crippen LogP contribution in [0.2, 0.25) is 0 Å². The lowest BCUT2D eigenvalue weighted by Gasteiger charge is -2.14. The van der Waals surface area contributed by atoms with E-state index >= 15 is 0 Å². The lowest BCUT2D eigenvalue weighted by Crippen LogP contribution is -2.36. The SMILES string of the molecule is COc1ccc(-n2c(C)cc(C(=O)CN3C(=O)[C@H]4CC=CC[C@@H]4C3=O)c2C)cc1. The second kappa shape index (κ2) is 7.35. The van der Waals surface area contributed by atoms with Crippen LogP contribution >= 0.6 is 0 Å². The third kappa shape index (κ3) is 3.18. The second-order valence-electron chi connectivity index (χ2n) is 7.66. The third-order valence-corrected chi connectivity index (χ3v) is 5.96. The van der Waals surface area contributed by atoms with E-state index in [2.05, 4.69) is 0 Å². The largest absolute Gasteiger partial charge is 0.497 e. The minimum atomic E-state index is -0.313. The van der Waals surface area contributed by atoms with Gasteiger partial charge in [0, 0.05) is 22.6 Å². The van der Waals surface area contributed by atoms with Gasteiger partial charge in [0.1, 0.15) is 5.75 Å². The van der Waals surface area contributed by atoms with Crippen LogP contribution < -0.4 is 4.74 Å². The van der Waals surface area contributed by atoms with E-state index in [1.165, 1.54) is 0 Å². The maximum absolute atomic E-state index is 13.0. The molecule has 1 aromatic heterocycles. The number of Topliss-reactive ketones (excluding diaryl/α,β-unsaturated/α-hetero) is 1. The number of benzene rings is 1. The minimum Gasteiger partial charge on any atom is -0.497 e. The molecule has 1 fully saturated rings. The smallest absolute Gasteiger partial charge is 0.233 e. The van der Waals surface area contributed by atoms with Gasteiger partial charge in [-0.2, -0.15) is 0 Å². The van der Waals surface area contributed by atoms with Crippen molar-refractivity contribution in [3.63, 3.8) is 0 Å². The fourth-order valence-electron chi connectivity index (χ4n) is 4.43. The highest BCUT2D eigenvalue weighted by molar-refractivity contribution is 6.10. The molecule has 2 atom stereocenters. The molecule has 2 aromatic rings. The number of amides is 2. The number of carbonyl (C=O) groups excluding carboxylic acids is 3. The van der Waals surface area contributed by atoms with Crippen LogP contribution in [0, 0.1) is 25.7 Å². The Hall–Kier alpha value is -3.15. The van der Waals surface area contributed by atoms with Gasteiger partial charge in [-0.05, 0) is 57.0 Å². The van der Waals surface area contributed by atoms with E-state index in [1.54, 1.807) is 7.11 Å². The number of methoxy groups -OCH3 is 1. The van der Waals surface area contributed by atoms with Gasteiger partial charge in [0.05, 0.1) is 25.5 Å². The molecule has 0 N–H and O–H groups in total. The number of aromatic nitrogens is 1. The number of aryl methyl sites for hydroxylation is 1. The quantitative estimate of drug-likeness (QED) is 0.445. The highest BCUT2D eigenvalue weighted by Gasteiger charge is 2.47. The summed E-state index contributed by atoms with van der Waals surface area (Å²) in [5.74, 6) is -0.525. The molecule has 4 rings (SSSR count). The van der Waals surface area contributed by atoms with E-state index in [9.17, 15) is 14.4 Å². The standard InChI is InChI=1S/C23H24N2O4/c1-14-12-20(15(2)25(14)16-8-10-17(29-3)11-9-16)21(26)13-24-22(27)18-6-4-5-7-19(18)23(24)28/h4-5,8-12,18-19H,6-7,13H2,1-3H3/t18-,19-/m0/s1. The molecule has 2 aliphatic rings. The Morgan fingerprint density at radius 2 is 1.62 bits per heavy atom. The third-order valence-electron chi connectivity index (χ3n) is 5.96. The van der Waals surface area contributed by atoms with E-state index in [0.29, 0.717) is 18.4 Å². The van der Waals surface area contributed by atoms with Crippen molar-refractivity contribution in [1.82, 2.24) is 9.47 Å². The Morgan fingerprint density at radius 3 is 2.17 bits per heavy atom. The molecule has 150 valence electrons. The zero-order valence-corrected chi connectivity index (χ0v) is 16.8. The number of carbonyl (C=O) groups is 3. The summed E-state index contributed by atoms with van der Waals surface area (Å²) in [7, 11) is 1.62. The number of imide groups is 1. The predicted octanol–water partition coefficient (Wildman–Crippen LogP) is 3.24. The summed E-state index contributed by atoms with van der Waals surface area (Å²) in [5.41, 5.74) is 3.15. The van der Waals surface area contributed by atoms with Gasteiger partial charge in [-0.1, -0.05) is 12.2 Å². The molecular weight excluding hydrogens is 368 g/mol. The zero-order chi connectivity index (χ0) is 20.7. The molecule has 1 aliphatic heterocycles. The number of ether oxygens (including phenoxy) is 1. The van der Waals surface area contributed by atoms with E-state index in [0.717, 1.165) is 27.7 Å². The lowest BCUT2D eigenvalue weighted by molar-refractivity contribution is -0.139. The predicted molar refractivity (Wildman–Crippen MR) is 108 cm³/mol. The van der Waals surface area contributed by atoms with Gasteiger partial charge >= 0.3 is 0 Å². The Kier molecular flexibility index (Phi) is 4.86. The maximum Gasteiger partial charge on any atom is 0.233 e. The first-order valence-electron chi connectivity index (χ1n) is 9.79. The summed E-state index contributed by atoms with van der Waals surface area (Å²) in [5, 5.41) is 0. The van der Waals surface area contributed by atoms with Crippen molar-refractivity contribution < 1.29 is 19.1 Å². The van der Waals surface area contributed by atoms with Gasteiger partial charge in [-0.25, -0.2) is 0 Å². The molecule has 29 heavy (non-hydrogen) atoms. The van der Waals surface area contributed by atoms with Crippen LogP contribution in [-0.2, 0) is 9.59 Å². The first-order chi connectivity index (χ1) is 13.9. The van der Waals surface area contributed by atoms with Crippen LogP contribution in [0.4, 0.5) is 0 Å². The Labute approximate surface area is 169 Å². The van der Waals surface area contributed by atoms with Crippen molar-refractivity contribution in [1.29, 1.82) is 0 Å². The van der Waals surface area contributed by atoms with Crippen LogP contribution in [0.25, 0.3) is 5.69 Å². The average molecular weight is 392 g/mol. The normalized spacial score (nSPS) is 20.9. The van der Waals surface area contributed by atoms with E-state index in [-0.39, 0.29) is 36.0 Å². The lowest BCUT2D eigenvalue weighted by atomic mass is 9.85. The highest BCUT2D eigenvalue weighted by atomic mass is 16.5. The van der Waals surface area contributed by atoms with Crippen molar-refractivity contribution in [2.45, 2.75) is 26.7 Å². The van der Waals surface area contributed by atoms with Crippen molar-refractivity contribution in [3.8, 4) is 11.4 Å². The van der Waals surface area contributed by atoms with Crippen LogP contribution in [0.15, 0.2) is 42.5 Å². The van der Waals surface area contributed by atoms with Crippen LogP contribution in [0.5, 0.6) is 5.75 Å². The molecule has 1 saturated heterocycles. The molecule has 0 unspecified atom stereocenters. The van der Waals surface area contributed by atoms with Gasteiger partial charge < -0.3 is 9.30 Å². The zero-order valence-electron chi connectivity index (χ0n) is 16.8. The summed E-state index contributed by atoms with van der Waals surface area (Å²) in [6.45, 7) is 3.61. The van der Waals surface area contributed by atoms with Crippen molar-refractivity contribution >= 4 is 17.6 Å². The van der Waals surface area contributed by atoms with Gasteiger partial charge in [0.2, 0.25) is 11.8 Å². The first kappa shape index (κ1) is 19.2. The molecule has 0 bridgehead atoms. The molecular formula is C23H24N2O4. The number of hydrogen-bond donors (Lipinski definition) is 0. The highest BCUT2D eigenvalue weighted by Crippen LogP contribution is 2.35. The summed E-state index contributed by atoms with van der Waals surface area (Å²) in [6, 6.07) is 9.41. The maximum atomic E-state index is 13.0. The fraction of sp³-hybridized carbons (Fsp3) is 0.348. The second-order valence-corrected chi connectivity index (χ2v) is 7.66. The molecule has 1 aliphatic carbocycles. The van der Waals surface area contributed by atoms with Gasteiger partial charge in [0.25, 0.3) is 0 Å². The summed E-state index contributed by atoms with van der Waals surface area (Å²) >= 11 is 0. The number of likely N-dealkylation sites (tertiary alicyclic amines) is 1. The Morgan fingerprint density at radius 1 is 1.03 bits per heavy atom. The number of hydrogen-bond acceptors (Lipinski definition) is 4. The van der Waals surface area contributed by atoms with E-state index < -0.39 is 0 Å². The molecule has 2 amide bonds. The summed E-state index contributed by atoms with van der Waals surface area (Å²) < 4.78 is 7.20. The molecule has 0 saturated carbocycles. The number of fused-ring (bicyclic) bond motifs is 1. The van der Waals surface area contributed by atoms with Crippen LogP contribution in [-0.4, -0.2) is 40.7 Å². The molecule has 6 nitrogen and oxygen atoms in total. The summed E-state index contributed by atoms with van der Waals surface area (Å²) in [6.07, 6.45) is 5.04. The molecule has 6 heteroatoms. The number of ketones is 1. The Bertz CT molecular complexity index is 990. The monoisotopic (exact) mass is 392 g/mol. The molecule has 2 heterocycles. The summed E-state index contributed by atoms with van der Waals surface area (Å²) in [4.78, 5) is 39.5. The van der Waals surface area contributed by atoms with E-state index in [1.807, 2.05) is 60.9 Å². The Balaban J connectivity index is 1.58. The first-order valence-corrected chi connectivity index (χ1v) is 9.79. The van der Waals surface area contributed by atoms with Gasteiger partial charge in [-0.3, -0.25) is 19.3 Å². The van der Waals surface area contributed by atoms with Crippen molar-refractivity contribution in [2.75, 3.05) is 13.7 Å². The van der Waals surface area contributed by atoms with Crippen LogP contribution in [0.3, 0.4) is 0 Å². The average Bonchev–Trinajstić information content (AvgIpc) is 3.16. The number of rotatable bonds is 5. The van der Waals surface area contributed by atoms with Crippen molar-refractivity contribution in [2.24, 2.45) is 11.8 Å². The van der Waals surface area contributed by atoms with Gasteiger partial charge in [-0.15, -0.1) is 0 Å². The minimum absolute atomic E-state index is 0.197. The molecule has 0 spiro atoms. The number of allylic oxidation sites excluding steroid dienone is 2. The van der Waals surface area contributed by atoms with Crippen molar-refractivity contribution in [3.05, 3.63) is 59.4 Å². The van der Waals surface area contributed by atoms with E-state index in [4.69, 9.17) is 4.74 Å². The van der Waals surface area contributed by atoms with Gasteiger partial charge in [0.15, 0.2) is 5.78 Å².